The van der Waals surface area contributed by atoms with Crippen molar-refractivity contribution in [2.75, 3.05) is 18.6 Å². The van der Waals surface area contributed by atoms with E-state index in [1.807, 2.05) is 0 Å². The van der Waals surface area contributed by atoms with Crippen LogP contribution >= 0.6 is 11.8 Å². The molecule has 0 saturated carbocycles. The van der Waals surface area contributed by atoms with E-state index in [0.29, 0.717) is 10.4 Å². The molecule has 0 atom stereocenters. The number of carbonyl (C=O) groups excluding carboxylic acids is 1. The quantitative estimate of drug-likeness (QED) is 0.655. The van der Waals surface area contributed by atoms with Gasteiger partial charge < -0.3 is 15.2 Å². The fraction of sp³-hybridized carbons (Fsp3) is 0.364. The summed E-state index contributed by atoms with van der Waals surface area (Å²) in [6.45, 7) is 0.259. The van der Waals surface area contributed by atoms with E-state index in [1.165, 1.54) is 11.2 Å². The average Bonchev–Trinajstić information content (AvgIpc) is 3.05. The predicted molar refractivity (Wildman–Crippen MR) is 71.1 cm³/mol. The van der Waals surface area contributed by atoms with E-state index < -0.39 is 12.0 Å². The molecule has 2 aromatic rings. The third kappa shape index (κ3) is 3.72. The van der Waals surface area contributed by atoms with E-state index in [9.17, 15) is 18.0 Å². The maximum atomic E-state index is 12.5. The molecule has 22 heavy (non-hydrogen) atoms. The van der Waals surface area contributed by atoms with Gasteiger partial charge in [0.2, 0.25) is 11.1 Å². The molecule has 0 aliphatic carbocycles. The number of nitrogens with zero attached hydrogens (tertiary/aromatic N) is 4. The van der Waals surface area contributed by atoms with Crippen LogP contribution in [-0.2, 0) is 17.5 Å². The van der Waals surface area contributed by atoms with Crippen molar-refractivity contribution in [2.45, 2.75) is 17.9 Å². The smallest absolute Gasteiger partial charge is 0.453 e. The largest absolute Gasteiger partial charge is 0.467 e. The van der Waals surface area contributed by atoms with Gasteiger partial charge in [-0.25, -0.2) is 4.68 Å². The zero-order valence-electron chi connectivity index (χ0n) is 11.4. The number of carbonyl (C=O) groups is 1. The van der Waals surface area contributed by atoms with E-state index in [4.69, 9.17) is 10.3 Å². The summed E-state index contributed by atoms with van der Waals surface area (Å²) < 4.78 is 42.9. The molecule has 120 valence electrons. The van der Waals surface area contributed by atoms with Gasteiger partial charge in [-0.15, -0.1) is 10.2 Å². The highest BCUT2D eigenvalue weighted by atomic mass is 32.2. The maximum absolute atomic E-state index is 12.5. The number of alkyl halides is 3. The van der Waals surface area contributed by atoms with Gasteiger partial charge in [0.1, 0.15) is 5.76 Å². The lowest BCUT2D eigenvalue weighted by atomic mass is 10.4. The molecule has 2 N–H and O–H groups in total. The maximum Gasteiger partial charge on any atom is 0.453 e. The van der Waals surface area contributed by atoms with E-state index >= 15 is 0 Å². The van der Waals surface area contributed by atoms with Crippen LogP contribution in [0.2, 0.25) is 0 Å². The zero-order chi connectivity index (χ0) is 16.3. The Labute approximate surface area is 127 Å². The number of nitrogen functional groups attached to an aromatic ring is 1. The topological polar surface area (TPSA) is 90.2 Å². The normalized spacial score (nSPS) is 11.6. The number of hydrogen-bond acceptors (Lipinski definition) is 6. The van der Waals surface area contributed by atoms with Gasteiger partial charge in [-0.2, -0.15) is 13.2 Å². The van der Waals surface area contributed by atoms with Gasteiger partial charge in [0, 0.05) is 7.05 Å². The van der Waals surface area contributed by atoms with Crippen molar-refractivity contribution in [1.82, 2.24) is 19.8 Å². The van der Waals surface area contributed by atoms with Crippen LogP contribution in [0.5, 0.6) is 0 Å². The van der Waals surface area contributed by atoms with E-state index in [1.54, 1.807) is 19.2 Å². The van der Waals surface area contributed by atoms with Crippen LogP contribution in [0.1, 0.15) is 11.6 Å². The minimum absolute atomic E-state index is 0.121. The predicted octanol–water partition coefficient (Wildman–Crippen LogP) is 1.35. The number of aromatic nitrogens is 3. The Bertz CT molecular complexity index is 641. The van der Waals surface area contributed by atoms with Crippen molar-refractivity contribution in [3.05, 3.63) is 30.0 Å². The third-order valence-electron chi connectivity index (χ3n) is 2.64. The van der Waals surface area contributed by atoms with E-state index in [-0.39, 0.29) is 23.4 Å². The molecule has 11 heteroatoms. The van der Waals surface area contributed by atoms with Crippen LogP contribution in [0.4, 0.5) is 13.2 Å². The van der Waals surface area contributed by atoms with E-state index in [0.717, 1.165) is 11.8 Å². The number of rotatable bonds is 5. The first-order valence-electron chi connectivity index (χ1n) is 5.96. The summed E-state index contributed by atoms with van der Waals surface area (Å²) in [6, 6.07) is 3.40. The number of nitrogens with two attached hydrogens (primary N) is 1. The summed E-state index contributed by atoms with van der Waals surface area (Å²) in [5.41, 5.74) is 0. The Balaban J connectivity index is 1.92. The third-order valence-corrected chi connectivity index (χ3v) is 3.57. The first kappa shape index (κ1) is 16.2. The van der Waals surface area contributed by atoms with Gasteiger partial charge in [-0.05, 0) is 12.1 Å². The lowest BCUT2D eigenvalue weighted by molar-refractivity contribution is -0.146. The van der Waals surface area contributed by atoms with Crippen molar-refractivity contribution in [3.63, 3.8) is 0 Å². The summed E-state index contributed by atoms with van der Waals surface area (Å²) in [6.07, 6.45) is -3.21. The minimum atomic E-state index is -4.69. The van der Waals surface area contributed by atoms with Crippen molar-refractivity contribution in [3.8, 4) is 0 Å². The fourth-order valence-corrected chi connectivity index (χ4v) is 2.33. The zero-order valence-corrected chi connectivity index (χ0v) is 12.2. The average molecular weight is 335 g/mol. The Hall–Kier alpha value is -2.17. The fourth-order valence-electron chi connectivity index (χ4n) is 1.53. The Morgan fingerprint density at radius 2 is 2.23 bits per heavy atom. The Kier molecular flexibility index (Phi) is 4.64. The van der Waals surface area contributed by atoms with Gasteiger partial charge in [-0.3, -0.25) is 4.79 Å². The van der Waals surface area contributed by atoms with Crippen molar-refractivity contribution < 1.29 is 22.4 Å². The van der Waals surface area contributed by atoms with Crippen LogP contribution in [0.3, 0.4) is 0 Å². The number of halogens is 3. The number of furan rings is 1. The molecule has 1 amide bonds. The van der Waals surface area contributed by atoms with Crippen molar-refractivity contribution in [1.29, 1.82) is 0 Å². The van der Waals surface area contributed by atoms with Crippen LogP contribution in [0, 0.1) is 0 Å². The molecular formula is C11H12F3N5O2S. The lowest BCUT2D eigenvalue weighted by Crippen LogP contribution is -2.28. The van der Waals surface area contributed by atoms with Crippen LogP contribution in [0.25, 0.3) is 0 Å². The summed E-state index contributed by atoms with van der Waals surface area (Å²) in [5, 5.41) is 6.12. The molecule has 7 nitrogen and oxygen atoms in total. The molecule has 2 aromatic heterocycles. The van der Waals surface area contributed by atoms with Gasteiger partial charge in [0.25, 0.3) is 5.82 Å². The highest BCUT2D eigenvalue weighted by molar-refractivity contribution is 7.99. The number of amides is 1. The molecule has 0 bridgehead atoms. The van der Waals surface area contributed by atoms with Gasteiger partial charge in [0.15, 0.2) is 0 Å². The molecule has 0 unspecified atom stereocenters. The molecule has 0 aliphatic heterocycles. The van der Waals surface area contributed by atoms with Crippen molar-refractivity contribution in [2.24, 2.45) is 0 Å². The van der Waals surface area contributed by atoms with Gasteiger partial charge in [-0.1, -0.05) is 11.8 Å². The van der Waals surface area contributed by atoms with Crippen LogP contribution < -0.4 is 5.84 Å². The second kappa shape index (κ2) is 6.30. The molecule has 0 radical (unpaired) electrons. The summed E-state index contributed by atoms with van der Waals surface area (Å²) >= 11 is 0.776. The Morgan fingerprint density at radius 1 is 1.50 bits per heavy atom. The summed E-state index contributed by atoms with van der Waals surface area (Å²) in [5.74, 6) is 4.13. The van der Waals surface area contributed by atoms with Crippen LogP contribution in [-0.4, -0.2) is 38.5 Å². The summed E-state index contributed by atoms with van der Waals surface area (Å²) in [7, 11) is 1.56. The molecule has 0 fully saturated rings. The molecule has 0 aromatic carbocycles. The molecular weight excluding hydrogens is 323 g/mol. The first-order chi connectivity index (χ1) is 10.3. The standard InChI is InChI=1S/C11H12F3N5O2S/c1-18(5-7-3-2-4-21-7)8(20)6-22-10-17-16-9(19(10)15)11(12,13)14/h2-4H,5-6,15H2,1H3. The SMILES string of the molecule is CN(Cc1ccco1)C(=O)CSc1nnc(C(F)(F)F)n1N. The van der Waals surface area contributed by atoms with E-state index in [2.05, 4.69) is 10.2 Å². The lowest BCUT2D eigenvalue weighted by Gasteiger charge is -2.15. The highest BCUT2D eigenvalue weighted by Crippen LogP contribution is 2.28. The highest BCUT2D eigenvalue weighted by Gasteiger charge is 2.38. The second-order valence-electron chi connectivity index (χ2n) is 4.29. The monoisotopic (exact) mass is 335 g/mol. The first-order valence-corrected chi connectivity index (χ1v) is 6.94. The second-order valence-corrected chi connectivity index (χ2v) is 5.23. The molecule has 2 heterocycles. The summed E-state index contributed by atoms with van der Waals surface area (Å²) in [4.78, 5) is 13.3. The van der Waals surface area contributed by atoms with Crippen molar-refractivity contribution >= 4 is 17.7 Å². The van der Waals surface area contributed by atoms with Gasteiger partial charge >= 0.3 is 6.18 Å². The molecule has 2 rings (SSSR count). The van der Waals surface area contributed by atoms with Crippen LogP contribution in [0.15, 0.2) is 28.0 Å². The molecule has 0 aliphatic rings. The molecule has 0 spiro atoms. The number of hydrogen-bond donors (Lipinski definition) is 1. The Morgan fingerprint density at radius 3 is 2.77 bits per heavy atom. The van der Waals surface area contributed by atoms with Gasteiger partial charge in [0.05, 0.1) is 18.6 Å². The molecule has 0 saturated heterocycles. The number of thioether (sulfide) groups is 1. The minimum Gasteiger partial charge on any atom is -0.467 e.